The van der Waals surface area contributed by atoms with Crippen LogP contribution in [0.3, 0.4) is 0 Å². The highest BCUT2D eigenvalue weighted by atomic mass is 16.4. The predicted molar refractivity (Wildman–Crippen MR) is 130 cm³/mol. The molecule has 2 aromatic carbocycles. The van der Waals surface area contributed by atoms with Gasteiger partial charge in [-0.1, -0.05) is 75.7 Å². The quantitative estimate of drug-likeness (QED) is 0.345. The molecule has 0 saturated carbocycles. The summed E-state index contributed by atoms with van der Waals surface area (Å²) in [4.78, 5) is 12.2. The van der Waals surface area contributed by atoms with Gasteiger partial charge in [-0.15, -0.1) is 5.10 Å². The number of carbonyl (C=O) groups is 1. The molecule has 2 N–H and O–H groups in total. The molecule has 0 spiro atoms. The van der Waals surface area contributed by atoms with E-state index in [2.05, 4.69) is 65.7 Å². The van der Waals surface area contributed by atoms with E-state index >= 15 is 0 Å². The fourth-order valence-corrected chi connectivity index (χ4v) is 4.22. The standard InChI is InChI=1S/C26H30N6O2/c1-4-5-10-23-22(24(26(33)34)32(29-23)16-17(2)3)15-18-11-13-19(14-12-18)20-8-6-7-9-21(20)25-27-30-31-28-25/h6-9,11-14,17H,4-5,10,15-16H2,1-3H3,(H,33,34)(H,27,28,30,31). The lowest BCUT2D eigenvalue weighted by Crippen LogP contribution is -2.15. The van der Waals surface area contributed by atoms with Gasteiger partial charge in [-0.05, 0) is 45.9 Å². The van der Waals surface area contributed by atoms with E-state index in [1.807, 2.05) is 24.3 Å². The summed E-state index contributed by atoms with van der Waals surface area (Å²) in [6.45, 7) is 6.87. The van der Waals surface area contributed by atoms with Gasteiger partial charge in [0.15, 0.2) is 5.82 Å². The summed E-state index contributed by atoms with van der Waals surface area (Å²) in [5, 5.41) is 29.0. The van der Waals surface area contributed by atoms with Crippen LogP contribution in [-0.4, -0.2) is 41.5 Å². The lowest BCUT2D eigenvalue weighted by Gasteiger charge is -2.10. The van der Waals surface area contributed by atoms with Crippen LogP contribution in [-0.2, 0) is 19.4 Å². The molecule has 0 bridgehead atoms. The van der Waals surface area contributed by atoms with Crippen LogP contribution in [0, 0.1) is 5.92 Å². The minimum absolute atomic E-state index is 0.309. The van der Waals surface area contributed by atoms with Crippen LogP contribution in [0.5, 0.6) is 0 Å². The smallest absolute Gasteiger partial charge is 0.354 e. The van der Waals surface area contributed by atoms with E-state index in [0.717, 1.165) is 52.8 Å². The number of hydrogen-bond acceptors (Lipinski definition) is 5. The number of aryl methyl sites for hydroxylation is 1. The van der Waals surface area contributed by atoms with Gasteiger partial charge in [0, 0.05) is 24.1 Å². The summed E-state index contributed by atoms with van der Waals surface area (Å²) in [6.07, 6.45) is 3.34. The van der Waals surface area contributed by atoms with Crippen LogP contribution in [0.2, 0.25) is 0 Å². The molecule has 0 aliphatic rings. The molecular weight excluding hydrogens is 428 g/mol. The number of nitrogens with one attached hydrogen (secondary N) is 1. The maximum atomic E-state index is 12.2. The highest BCUT2D eigenvalue weighted by Gasteiger charge is 2.23. The normalized spacial score (nSPS) is 11.3. The second-order valence-electron chi connectivity index (χ2n) is 8.93. The molecule has 2 heterocycles. The number of nitrogens with zero attached hydrogens (tertiary/aromatic N) is 5. The van der Waals surface area contributed by atoms with Crippen molar-refractivity contribution in [2.24, 2.45) is 5.92 Å². The fraction of sp³-hybridized carbons (Fsp3) is 0.346. The van der Waals surface area contributed by atoms with Gasteiger partial charge >= 0.3 is 5.97 Å². The van der Waals surface area contributed by atoms with Gasteiger partial charge in [0.25, 0.3) is 0 Å². The molecule has 4 aromatic rings. The maximum absolute atomic E-state index is 12.2. The zero-order valence-corrected chi connectivity index (χ0v) is 19.8. The van der Waals surface area contributed by atoms with Crippen LogP contribution in [0.25, 0.3) is 22.5 Å². The Bertz CT molecular complexity index is 1240. The summed E-state index contributed by atoms with van der Waals surface area (Å²) < 4.78 is 1.68. The topological polar surface area (TPSA) is 110 Å². The summed E-state index contributed by atoms with van der Waals surface area (Å²) in [5.74, 6) is 0.00445. The Kier molecular flexibility index (Phi) is 7.15. The monoisotopic (exact) mass is 458 g/mol. The number of aromatic carboxylic acids is 1. The predicted octanol–water partition coefficient (Wildman–Crippen LogP) is 5.02. The number of tetrazole rings is 1. The molecule has 2 aromatic heterocycles. The molecule has 176 valence electrons. The average molecular weight is 459 g/mol. The number of aromatic nitrogens is 6. The van der Waals surface area contributed by atoms with Crippen molar-refractivity contribution in [3.05, 3.63) is 71.0 Å². The van der Waals surface area contributed by atoms with E-state index in [0.29, 0.717) is 30.4 Å². The van der Waals surface area contributed by atoms with Gasteiger partial charge < -0.3 is 5.11 Å². The molecule has 0 aliphatic carbocycles. The van der Waals surface area contributed by atoms with Crippen molar-refractivity contribution in [3.8, 4) is 22.5 Å². The molecule has 8 nitrogen and oxygen atoms in total. The molecule has 0 radical (unpaired) electrons. The first-order valence-electron chi connectivity index (χ1n) is 11.7. The Labute approximate surface area is 199 Å². The van der Waals surface area contributed by atoms with E-state index in [-0.39, 0.29) is 0 Å². The third-order valence-corrected chi connectivity index (χ3v) is 5.81. The second-order valence-corrected chi connectivity index (χ2v) is 8.93. The van der Waals surface area contributed by atoms with E-state index in [9.17, 15) is 9.90 Å². The highest BCUT2D eigenvalue weighted by Crippen LogP contribution is 2.30. The third-order valence-electron chi connectivity index (χ3n) is 5.81. The fourth-order valence-electron chi connectivity index (χ4n) is 4.22. The van der Waals surface area contributed by atoms with Crippen LogP contribution >= 0.6 is 0 Å². The minimum Gasteiger partial charge on any atom is -0.477 e. The van der Waals surface area contributed by atoms with Crippen LogP contribution in [0.1, 0.15) is 60.9 Å². The number of benzene rings is 2. The second kappa shape index (κ2) is 10.4. The first kappa shape index (κ1) is 23.4. The van der Waals surface area contributed by atoms with Crippen molar-refractivity contribution in [2.75, 3.05) is 0 Å². The van der Waals surface area contributed by atoms with E-state index < -0.39 is 5.97 Å². The van der Waals surface area contributed by atoms with E-state index in [4.69, 9.17) is 5.10 Å². The zero-order valence-electron chi connectivity index (χ0n) is 19.8. The number of unbranched alkanes of at least 4 members (excludes halogenated alkanes) is 1. The van der Waals surface area contributed by atoms with Gasteiger partial charge in [-0.2, -0.15) is 5.10 Å². The molecule has 0 amide bonds. The van der Waals surface area contributed by atoms with Crippen LogP contribution < -0.4 is 0 Å². The van der Waals surface area contributed by atoms with Gasteiger partial charge in [-0.25, -0.2) is 9.89 Å². The highest BCUT2D eigenvalue weighted by molar-refractivity contribution is 5.88. The Hall–Kier alpha value is -3.81. The van der Waals surface area contributed by atoms with Gasteiger partial charge in [0.1, 0.15) is 5.69 Å². The molecule has 0 unspecified atom stereocenters. The summed E-state index contributed by atoms with van der Waals surface area (Å²) in [6, 6.07) is 16.2. The van der Waals surface area contributed by atoms with Crippen LogP contribution in [0.4, 0.5) is 0 Å². The lowest BCUT2D eigenvalue weighted by atomic mass is 9.95. The SMILES string of the molecule is CCCCc1nn(CC(C)C)c(C(=O)O)c1Cc1ccc(-c2ccccc2-c2nnn[nH]2)cc1. The van der Waals surface area contributed by atoms with Crippen molar-refractivity contribution in [2.45, 2.75) is 53.0 Å². The largest absolute Gasteiger partial charge is 0.477 e. The Morgan fingerprint density at radius 2 is 1.82 bits per heavy atom. The van der Waals surface area contributed by atoms with Crippen molar-refractivity contribution < 1.29 is 9.90 Å². The van der Waals surface area contributed by atoms with Gasteiger partial charge in [-0.3, -0.25) is 4.68 Å². The first-order chi connectivity index (χ1) is 16.5. The molecule has 0 fully saturated rings. The lowest BCUT2D eigenvalue weighted by molar-refractivity contribution is 0.0681. The number of H-pyrrole nitrogens is 1. The van der Waals surface area contributed by atoms with Crippen molar-refractivity contribution in [3.63, 3.8) is 0 Å². The summed E-state index contributed by atoms with van der Waals surface area (Å²) in [7, 11) is 0. The van der Waals surface area contributed by atoms with E-state index in [1.165, 1.54) is 0 Å². The van der Waals surface area contributed by atoms with Gasteiger partial charge in [0.2, 0.25) is 0 Å². The molecule has 0 aliphatic heterocycles. The number of rotatable bonds is 10. The third kappa shape index (κ3) is 5.06. The molecule has 8 heteroatoms. The Morgan fingerprint density at radius 3 is 2.44 bits per heavy atom. The number of aromatic amines is 1. The summed E-state index contributed by atoms with van der Waals surface area (Å²) >= 11 is 0. The Balaban J connectivity index is 1.67. The molecule has 4 rings (SSSR count). The minimum atomic E-state index is -0.919. The van der Waals surface area contributed by atoms with Gasteiger partial charge in [0.05, 0.1) is 5.69 Å². The molecule has 0 saturated heterocycles. The number of hydrogen-bond donors (Lipinski definition) is 2. The summed E-state index contributed by atoms with van der Waals surface area (Å²) in [5.41, 5.74) is 6.06. The van der Waals surface area contributed by atoms with Crippen LogP contribution in [0.15, 0.2) is 48.5 Å². The van der Waals surface area contributed by atoms with E-state index in [1.54, 1.807) is 4.68 Å². The number of carboxylic acid groups (broad SMARTS) is 1. The number of carboxylic acids is 1. The molecule has 0 atom stereocenters. The Morgan fingerprint density at radius 1 is 1.09 bits per heavy atom. The maximum Gasteiger partial charge on any atom is 0.354 e. The van der Waals surface area contributed by atoms with Crippen molar-refractivity contribution in [1.82, 2.24) is 30.4 Å². The average Bonchev–Trinajstić information content (AvgIpc) is 3.46. The molecular formula is C26H30N6O2. The van der Waals surface area contributed by atoms with Crippen molar-refractivity contribution >= 4 is 5.97 Å². The molecule has 34 heavy (non-hydrogen) atoms. The first-order valence-corrected chi connectivity index (χ1v) is 11.7. The zero-order chi connectivity index (χ0) is 24.1. The van der Waals surface area contributed by atoms with Crippen molar-refractivity contribution in [1.29, 1.82) is 0 Å².